The van der Waals surface area contributed by atoms with Crippen molar-refractivity contribution in [3.63, 3.8) is 0 Å². The summed E-state index contributed by atoms with van der Waals surface area (Å²) in [7, 11) is 0. The van der Waals surface area contributed by atoms with Crippen LogP contribution >= 0.6 is 12.4 Å². The monoisotopic (exact) mass is 205 g/mol. The predicted octanol–water partition coefficient (Wildman–Crippen LogP) is 1.89. The van der Waals surface area contributed by atoms with Gasteiger partial charge in [-0.25, -0.2) is 4.39 Å². The lowest BCUT2D eigenvalue weighted by molar-refractivity contribution is 0.326. The second-order valence-corrected chi connectivity index (χ2v) is 2.55. The third-order valence-corrected chi connectivity index (χ3v) is 1.53. The molecule has 74 valence electrons. The molecule has 0 heterocycles. The number of ether oxygens (including phenoxy) is 1. The highest BCUT2D eigenvalue weighted by Gasteiger charge is 1.98. The number of nitrogens with two attached hydrogens (primary N) is 1. The van der Waals surface area contributed by atoms with Crippen molar-refractivity contribution in [3.05, 3.63) is 29.6 Å². The molecule has 1 rings (SSSR count). The van der Waals surface area contributed by atoms with E-state index < -0.39 is 0 Å². The van der Waals surface area contributed by atoms with Crippen LogP contribution in [0, 0.1) is 12.7 Å². The molecule has 0 bridgehead atoms. The average molecular weight is 206 g/mol. The summed E-state index contributed by atoms with van der Waals surface area (Å²) in [6, 6.07) is 4.78. The maximum atomic E-state index is 12.9. The molecule has 2 nitrogen and oxygen atoms in total. The number of benzene rings is 1. The van der Waals surface area contributed by atoms with Crippen molar-refractivity contribution in [2.45, 2.75) is 6.92 Å². The van der Waals surface area contributed by atoms with Gasteiger partial charge in [-0.1, -0.05) is 6.07 Å². The number of hydrogen-bond acceptors (Lipinski definition) is 2. The van der Waals surface area contributed by atoms with Crippen LogP contribution in [-0.2, 0) is 0 Å². The summed E-state index contributed by atoms with van der Waals surface area (Å²) < 4.78 is 18.0. The minimum Gasteiger partial charge on any atom is -0.492 e. The molecule has 0 atom stereocenters. The third kappa shape index (κ3) is 3.61. The molecule has 0 fully saturated rings. The molecule has 0 aliphatic heterocycles. The lowest BCUT2D eigenvalue weighted by Crippen LogP contribution is -2.10. The lowest BCUT2D eigenvalue weighted by Gasteiger charge is -2.04. The Hall–Kier alpha value is -0.800. The summed E-state index contributed by atoms with van der Waals surface area (Å²) in [4.78, 5) is 0. The number of halogens is 2. The molecule has 0 spiro atoms. The molecule has 0 aliphatic rings. The zero-order valence-electron chi connectivity index (χ0n) is 7.42. The van der Waals surface area contributed by atoms with Crippen LogP contribution in [0.2, 0.25) is 0 Å². The molecule has 0 amide bonds. The summed E-state index contributed by atoms with van der Waals surface area (Å²) >= 11 is 0. The molecule has 2 N–H and O–H groups in total. The van der Waals surface area contributed by atoms with Gasteiger partial charge in [0.15, 0.2) is 0 Å². The van der Waals surface area contributed by atoms with E-state index in [-0.39, 0.29) is 18.2 Å². The normalized spacial score (nSPS) is 9.15. The Balaban J connectivity index is 0.00000144. The van der Waals surface area contributed by atoms with E-state index in [1.54, 1.807) is 19.1 Å². The van der Waals surface area contributed by atoms with E-state index in [9.17, 15) is 4.39 Å². The number of aryl methyl sites for hydroxylation is 1. The van der Waals surface area contributed by atoms with E-state index in [1.165, 1.54) is 6.07 Å². The van der Waals surface area contributed by atoms with Gasteiger partial charge in [-0.05, 0) is 18.6 Å². The van der Waals surface area contributed by atoms with Gasteiger partial charge in [0.2, 0.25) is 0 Å². The number of hydrogen-bond donors (Lipinski definition) is 1. The Morgan fingerprint density at radius 2 is 2.15 bits per heavy atom. The van der Waals surface area contributed by atoms with E-state index in [4.69, 9.17) is 10.5 Å². The first-order valence-electron chi connectivity index (χ1n) is 3.83. The van der Waals surface area contributed by atoms with Crippen molar-refractivity contribution < 1.29 is 9.13 Å². The first-order chi connectivity index (χ1) is 5.74. The van der Waals surface area contributed by atoms with Crippen molar-refractivity contribution in [2.75, 3.05) is 13.2 Å². The molecule has 0 saturated carbocycles. The van der Waals surface area contributed by atoms with Gasteiger partial charge in [0.25, 0.3) is 0 Å². The van der Waals surface area contributed by atoms with E-state index in [2.05, 4.69) is 0 Å². The molecule has 0 saturated heterocycles. The smallest absolute Gasteiger partial charge is 0.129 e. The average Bonchev–Trinajstić information content (AvgIpc) is 2.07. The van der Waals surface area contributed by atoms with Gasteiger partial charge in [0.05, 0.1) is 0 Å². The van der Waals surface area contributed by atoms with Gasteiger partial charge in [-0.15, -0.1) is 12.4 Å². The molecular formula is C9H13ClFNO. The standard InChI is InChI=1S/C9H12FNO.ClH/c1-7-2-3-8(6-9(7)10)12-5-4-11;/h2-3,6H,4-5,11H2,1H3;1H. The van der Waals surface area contributed by atoms with Gasteiger partial charge in [0, 0.05) is 12.6 Å². The van der Waals surface area contributed by atoms with Crippen LogP contribution in [0.3, 0.4) is 0 Å². The fourth-order valence-electron chi connectivity index (χ4n) is 0.840. The van der Waals surface area contributed by atoms with Crippen molar-refractivity contribution in [3.8, 4) is 5.75 Å². The highest BCUT2D eigenvalue weighted by Crippen LogP contribution is 2.15. The van der Waals surface area contributed by atoms with Gasteiger partial charge in [-0.3, -0.25) is 0 Å². The van der Waals surface area contributed by atoms with Gasteiger partial charge in [0.1, 0.15) is 18.2 Å². The third-order valence-electron chi connectivity index (χ3n) is 1.53. The Labute approximate surface area is 83.3 Å². The summed E-state index contributed by atoms with van der Waals surface area (Å²) in [6.45, 7) is 2.57. The predicted molar refractivity (Wildman–Crippen MR) is 52.9 cm³/mol. The zero-order chi connectivity index (χ0) is 8.97. The largest absolute Gasteiger partial charge is 0.492 e. The fourth-order valence-corrected chi connectivity index (χ4v) is 0.840. The SMILES string of the molecule is Cc1ccc(OCCN)cc1F.Cl. The second kappa shape index (κ2) is 5.78. The summed E-state index contributed by atoms with van der Waals surface area (Å²) in [6.07, 6.45) is 0. The molecular weight excluding hydrogens is 193 g/mol. The highest BCUT2D eigenvalue weighted by atomic mass is 35.5. The topological polar surface area (TPSA) is 35.2 Å². The molecule has 1 aromatic carbocycles. The first kappa shape index (κ1) is 12.2. The minimum atomic E-state index is -0.246. The van der Waals surface area contributed by atoms with Crippen molar-refractivity contribution in [1.29, 1.82) is 0 Å². The number of rotatable bonds is 3. The van der Waals surface area contributed by atoms with Crippen molar-refractivity contribution in [1.82, 2.24) is 0 Å². The van der Waals surface area contributed by atoms with Gasteiger partial charge < -0.3 is 10.5 Å². The Bertz CT molecular complexity index is 268. The van der Waals surface area contributed by atoms with E-state index in [1.807, 2.05) is 0 Å². The summed E-state index contributed by atoms with van der Waals surface area (Å²) in [5, 5.41) is 0. The van der Waals surface area contributed by atoms with E-state index in [0.29, 0.717) is 24.5 Å². The van der Waals surface area contributed by atoms with E-state index in [0.717, 1.165) is 0 Å². The van der Waals surface area contributed by atoms with Gasteiger partial charge in [-0.2, -0.15) is 0 Å². The minimum absolute atomic E-state index is 0. The molecule has 0 aliphatic carbocycles. The van der Waals surface area contributed by atoms with Crippen LogP contribution in [-0.4, -0.2) is 13.2 Å². The second-order valence-electron chi connectivity index (χ2n) is 2.55. The van der Waals surface area contributed by atoms with Crippen LogP contribution in [0.4, 0.5) is 4.39 Å². The van der Waals surface area contributed by atoms with Crippen molar-refractivity contribution >= 4 is 12.4 Å². The van der Waals surface area contributed by atoms with Crippen LogP contribution in [0.15, 0.2) is 18.2 Å². The molecule has 1 aromatic rings. The molecule has 4 heteroatoms. The summed E-state index contributed by atoms with van der Waals surface area (Å²) in [5.74, 6) is 0.285. The van der Waals surface area contributed by atoms with Crippen molar-refractivity contribution in [2.24, 2.45) is 5.73 Å². The van der Waals surface area contributed by atoms with Gasteiger partial charge >= 0.3 is 0 Å². The van der Waals surface area contributed by atoms with Crippen LogP contribution in [0.1, 0.15) is 5.56 Å². The lowest BCUT2D eigenvalue weighted by atomic mass is 10.2. The zero-order valence-corrected chi connectivity index (χ0v) is 8.23. The molecule has 13 heavy (non-hydrogen) atoms. The Kier molecular flexibility index (Phi) is 5.42. The fraction of sp³-hybridized carbons (Fsp3) is 0.333. The maximum Gasteiger partial charge on any atom is 0.129 e. The van der Waals surface area contributed by atoms with Crippen LogP contribution in [0.5, 0.6) is 5.75 Å². The molecule has 0 radical (unpaired) electrons. The first-order valence-corrected chi connectivity index (χ1v) is 3.83. The maximum absolute atomic E-state index is 12.9. The molecule has 0 aromatic heterocycles. The quantitative estimate of drug-likeness (QED) is 0.818. The highest BCUT2D eigenvalue weighted by molar-refractivity contribution is 5.85. The van der Waals surface area contributed by atoms with Crippen LogP contribution in [0.25, 0.3) is 0 Å². The Morgan fingerprint density at radius 3 is 2.69 bits per heavy atom. The van der Waals surface area contributed by atoms with E-state index >= 15 is 0 Å². The Morgan fingerprint density at radius 1 is 1.46 bits per heavy atom. The van der Waals surface area contributed by atoms with Crippen LogP contribution < -0.4 is 10.5 Å². The molecule has 0 unspecified atom stereocenters. The summed E-state index contributed by atoms with van der Waals surface area (Å²) in [5.41, 5.74) is 5.85.